The zero-order valence-corrected chi connectivity index (χ0v) is 12.7. The molecule has 1 atom stereocenters. The topological polar surface area (TPSA) is 58.6 Å². The van der Waals surface area contributed by atoms with Gasteiger partial charge in [-0.25, -0.2) is 4.79 Å². The maximum atomic E-state index is 11.7. The van der Waals surface area contributed by atoms with Crippen molar-refractivity contribution in [1.82, 2.24) is 0 Å². The van der Waals surface area contributed by atoms with Gasteiger partial charge < -0.3 is 15.2 Å². The molecule has 0 radical (unpaired) electrons. The molecule has 1 aromatic rings. The lowest BCUT2D eigenvalue weighted by atomic mass is 9.81. The lowest BCUT2D eigenvalue weighted by Crippen LogP contribution is -2.55. The van der Waals surface area contributed by atoms with Crippen molar-refractivity contribution < 1.29 is 14.6 Å². The number of carbonyl (C=O) groups is 1. The molecule has 0 aromatic heterocycles. The van der Waals surface area contributed by atoms with Crippen LogP contribution in [0.1, 0.15) is 26.7 Å². The first-order valence-corrected chi connectivity index (χ1v) is 7.04. The van der Waals surface area contributed by atoms with Crippen LogP contribution < -0.4 is 5.32 Å². The average Bonchev–Trinajstić information content (AvgIpc) is 2.30. The van der Waals surface area contributed by atoms with Crippen LogP contribution in [0.3, 0.4) is 0 Å². The smallest absolute Gasteiger partial charge is 0.329 e. The van der Waals surface area contributed by atoms with Gasteiger partial charge >= 0.3 is 5.97 Å². The molecule has 1 fully saturated rings. The Morgan fingerprint density at radius 2 is 2.11 bits per heavy atom. The number of hydrogen-bond acceptors (Lipinski definition) is 3. The fraction of sp³-hybridized carbons (Fsp3) is 0.500. The number of rotatable bonds is 3. The summed E-state index contributed by atoms with van der Waals surface area (Å²) in [5.74, 6) is -0.834. The molecule has 5 heteroatoms. The van der Waals surface area contributed by atoms with Crippen molar-refractivity contribution in [3.63, 3.8) is 0 Å². The predicted molar refractivity (Wildman–Crippen MR) is 77.4 cm³/mol. The molecule has 4 nitrogen and oxygen atoms in total. The number of hydrogen-bond donors (Lipinski definition) is 2. The molecule has 104 valence electrons. The molecule has 0 aliphatic carbocycles. The first kappa shape index (κ1) is 14.3. The number of ether oxygens (including phenoxy) is 1. The quantitative estimate of drug-likeness (QED) is 0.894. The molecule has 2 N–H and O–H groups in total. The van der Waals surface area contributed by atoms with Crippen LogP contribution in [-0.2, 0) is 9.53 Å². The standard InChI is InChI=1S/C14H18BrNO3/c1-13(2)9-14(12(17)18,7-8-19-13)16-11-6-4-3-5-10(11)15/h3-6,16H,7-9H2,1-2H3,(H,17,18). The van der Waals surface area contributed by atoms with Crippen molar-refractivity contribution >= 4 is 27.6 Å². The Morgan fingerprint density at radius 3 is 2.68 bits per heavy atom. The van der Waals surface area contributed by atoms with E-state index >= 15 is 0 Å². The summed E-state index contributed by atoms with van der Waals surface area (Å²) in [7, 11) is 0. The van der Waals surface area contributed by atoms with E-state index < -0.39 is 17.1 Å². The Balaban J connectivity index is 2.31. The highest BCUT2D eigenvalue weighted by Gasteiger charge is 2.46. The molecule has 0 spiro atoms. The van der Waals surface area contributed by atoms with E-state index in [0.29, 0.717) is 19.4 Å². The van der Waals surface area contributed by atoms with E-state index in [1.165, 1.54) is 0 Å². The molecular formula is C14H18BrNO3. The first-order valence-electron chi connectivity index (χ1n) is 6.25. The van der Waals surface area contributed by atoms with Gasteiger partial charge in [-0.05, 0) is 41.9 Å². The van der Waals surface area contributed by atoms with Crippen LogP contribution in [0.5, 0.6) is 0 Å². The van der Waals surface area contributed by atoms with Crippen molar-refractivity contribution in [2.45, 2.75) is 37.8 Å². The number of nitrogens with one attached hydrogen (secondary N) is 1. The van der Waals surface area contributed by atoms with E-state index in [9.17, 15) is 9.90 Å². The van der Waals surface area contributed by atoms with Crippen LogP contribution in [0.4, 0.5) is 5.69 Å². The van der Waals surface area contributed by atoms with Crippen LogP contribution in [0.2, 0.25) is 0 Å². The highest BCUT2D eigenvalue weighted by molar-refractivity contribution is 9.10. The number of para-hydroxylation sites is 1. The van der Waals surface area contributed by atoms with Gasteiger partial charge in [-0.1, -0.05) is 12.1 Å². The third kappa shape index (κ3) is 3.09. The monoisotopic (exact) mass is 327 g/mol. The normalized spacial score (nSPS) is 25.8. The van der Waals surface area contributed by atoms with Gasteiger partial charge in [0.1, 0.15) is 5.54 Å². The predicted octanol–water partition coefficient (Wildman–Crippen LogP) is 3.27. The van der Waals surface area contributed by atoms with Crippen LogP contribution in [0, 0.1) is 0 Å². The van der Waals surface area contributed by atoms with Gasteiger partial charge in [0.25, 0.3) is 0 Å². The number of aliphatic carboxylic acids is 1. The van der Waals surface area contributed by atoms with E-state index in [1.54, 1.807) is 0 Å². The minimum absolute atomic E-state index is 0.427. The summed E-state index contributed by atoms with van der Waals surface area (Å²) >= 11 is 3.44. The van der Waals surface area contributed by atoms with Gasteiger partial charge in [0.2, 0.25) is 0 Å². The van der Waals surface area contributed by atoms with Gasteiger partial charge in [-0.2, -0.15) is 0 Å². The number of halogens is 1. The van der Waals surface area contributed by atoms with Crippen molar-refractivity contribution in [2.75, 3.05) is 11.9 Å². The third-order valence-electron chi connectivity index (χ3n) is 3.41. The van der Waals surface area contributed by atoms with Crippen LogP contribution in [-0.4, -0.2) is 28.8 Å². The summed E-state index contributed by atoms with van der Waals surface area (Å²) in [4.78, 5) is 11.7. The molecule has 1 unspecified atom stereocenters. The number of carboxylic acids is 1. The second kappa shape index (κ2) is 5.13. The molecular weight excluding hydrogens is 310 g/mol. The summed E-state index contributed by atoms with van der Waals surface area (Å²) < 4.78 is 6.48. The van der Waals surface area contributed by atoms with Gasteiger partial charge in [0.05, 0.1) is 12.2 Å². The minimum Gasteiger partial charge on any atom is -0.480 e. The summed E-state index contributed by atoms with van der Waals surface area (Å²) in [5, 5.41) is 12.8. The van der Waals surface area contributed by atoms with E-state index in [-0.39, 0.29) is 0 Å². The second-order valence-corrected chi connectivity index (χ2v) is 6.38. The minimum atomic E-state index is -0.981. The third-order valence-corrected chi connectivity index (χ3v) is 4.10. The molecule has 19 heavy (non-hydrogen) atoms. The molecule has 1 aliphatic rings. The van der Waals surface area contributed by atoms with Crippen molar-refractivity contribution in [2.24, 2.45) is 0 Å². The van der Waals surface area contributed by atoms with Crippen molar-refractivity contribution in [3.8, 4) is 0 Å². The zero-order valence-electron chi connectivity index (χ0n) is 11.1. The lowest BCUT2D eigenvalue weighted by molar-refractivity contribution is -0.152. The highest BCUT2D eigenvalue weighted by Crippen LogP contribution is 2.36. The van der Waals surface area contributed by atoms with Gasteiger partial charge in [-0.3, -0.25) is 0 Å². The summed E-state index contributed by atoms with van der Waals surface area (Å²) in [5.41, 5.74) is -0.626. The van der Waals surface area contributed by atoms with E-state index in [2.05, 4.69) is 21.2 Å². The largest absolute Gasteiger partial charge is 0.480 e. The summed E-state index contributed by atoms with van der Waals surface area (Å²) in [6, 6.07) is 7.54. The molecule has 2 rings (SSSR count). The number of anilines is 1. The van der Waals surface area contributed by atoms with E-state index in [1.807, 2.05) is 38.1 Å². The molecule has 1 aromatic carbocycles. The van der Waals surface area contributed by atoms with Crippen molar-refractivity contribution in [3.05, 3.63) is 28.7 Å². The van der Waals surface area contributed by atoms with Crippen LogP contribution in [0.25, 0.3) is 0 Å². The first-order chi connectivity index (χ1) is 8.85. The molecule has 1 aliphatic heterocycles. The van der Waals surface area contributed by atoms with E-state index in [0.717, 1.165) is 10.2 Å². The number of carboxylic acid groups (broad SMARTS) is 1. The average molecular weight is 328 g/mol. The molecule has 1 saturated heterocycles. The summed E-state index contributed by atoms with van der Waals surface area (Å²) in [6.07, 6.45) is 0.879. The molecule has 1 heterocycles. The Bertz CT molecular complexity index is 489. The Labute approximate surface area is 121 Å². The SMILES string of the molecule is CC1(C)CC(Nc2ccccc2Br)(C(=O)O)CCO1. The van der Waals surface area contributed by atoms with Crippen LogP contribution >= 0.6 is 15.9 Å². The molecule has 0 saturated carbocycles. The molecule has 0 bridgehead atoms. The van der Waals surface area contributed by atoms with Gasteiger partial charge in [0, 0.05) is 23.0 Å². The zero-order chi connectivity index (χ0) is 14.1. The maximum Gasteiger partial charge on any atom is 0.329 e. The number of benzene rings is 1. The lowest BCUT2D eigenvalue weighted by Gasteiger charge is -2.43. The van der Waals surface area contributed by atoms with Crippen LogP contribution in [0.15, 0.2) is 28.7 Å². The van der Waals surface area contributed by atoms with Crippen molar-refractivity contribution in [1.29, 1.82) is 0 Å². The highest BCUT2D eigenvalue weighted by atomic mass is 79.9. The van der Waals surface area contributed by atoms with Gasteiger partial charge in [-0.15, -0.1) is 0 Å². The Hall–Kier alpha value is -1.07. The fourth-order valence-electron chi connectivity index (χ4n) is 2.53. The molecule has 0 amide bonds. The van der Waals surface area contributed by atoms with Gasteiger partial charge in [0.15, 0.2) is 0 Å². The fourth-order valence-corrected chi connectivity index (χ4v) is 2.91. The van der Waals surface area contributed by atoms with E-state index in [4.69, 9.17) is 4.74 Å². The Morgan fingerprint density at radius 1 is 1.42 bits per heavy atom. The second-order valence-electron chi connectivity index (χ2n) is 5.53. The maximum absolute atomic E-state index is 11.7. The Kier molecular flexibility index (Phi) is 3.87. The summed E-state index contributed by atoms with van der Waals surface area (Å²) in [6.45, 7) is 4.29.